The first kappa shape index (κ1) is 15.1. The third-order valence-corrected chi connectivity index (χ3v) is 4.82. The zero-order valence-corrected chi connectivity index (χ0v) is 13.6. The molecule has 2 rings (SSSR count). The maximum absolute atomic E-state index is 12.7. The van der Waals surface area contributed by atoms with Crippen molar-refractivity contribution in [3.05, 3.63) is 0 Å². The topological polar surface area (TPSA) is 40.9 Å². The molecule has 0 aliphatic heterocycles. The number of nitrogens with zero attached hydrogens (tertiary/aromatic N) is 1. The van der Waals surface area contributed by atoms with Crippen molar-refractivity contribution in [3.8, 4) is 17.9 Å². The van der Waals surface area contributed by atoms with Gasteiger partial charge in [-0.2, -0.15) is 5.26 Å². The van der Waals surface area contributed by atoms with Crippen LogP contribution in [0.4, 0.5) is 0 Å². The summed E-state index contributed by atoms with van der Waals surface area (Å²) in [6.07, 6.45) is 2.12. The van der Waals surface area contributed by atoms with Gasteiger partial charge < -0.3 is 0 Å². The summed E-state index contributed by atoms with van der Waals surface area (Å²) in [7, 11) is 0. The van der Waals surface area contributed by atoms with E-state index in [0.717, 1.165) is 6.42 Å². The lowest BCUT2D eigenvalue weighted by atomic mass is 9.39. The van der Waals surface area contributed by atoms with Gasteiger partial charge in [0.2, 0.25) is 0 Å². The van der Waals surface area contributed by atoms with Crippen LogP contribution in [0.3, 0.4) is 0 Å². The standard InChI is InChI=1S/C18H25NO/c1-15(2,3)7-8-18-11-17(6,12-19)13(18)9-16(4,5)10-14(18)20/h13H,9-11H2,1-6H3. The van der Waals surface area contributed by atoms with E-state index < -0.39 is 5.41 Å². The fourth-order valence-electron chi connectivity index (χ4n) is 3.77. The average Bonchev–Trinajstić information content (AvgIpc) is 2.28. The van der Waals surface area contributed by atoms with Gasteiger partial charge in [-0.25, -0.2) is 0 Å². The van der Waals surface area contributed by atoms with Crippen LogP contribution in [-0.4, -0.2) is 5.78 Å². The summed E-state index contributed by atoms with van der Waals surface area (Å²) < 4.78 is 0. The Kier molecular flexibility index (Phi) is 3.11. The van der Waals surface area contributed by atoms with Crippen LogP contribution >= 0.6 is 0 Å². The highest BCUT2D eigenvalue weighted by atomic mass is 16.1. The third kappa shape index (κ3) is 2.26. The van der Waals surface area contributed by atoms with E-state index in [-0.39, 0.29) is 27.9 Å². The molecular formula is C18H25NO. The normalized spacial score (nSPS) is 38.9. The molecule has 108 valence electrons. The molecule has 0 amide bonds. The van der Waals surface area contributed by atoms with Gasteiger partial charge in [0.1, 0.15) is 0 Å². The zero-order chi connectivity index (χ0) is 15.4. The highest BCUT2D eigenvalue weighted by Crippen LogP contribution is 2.66. The number of fused-ring (bicyclic) bond motifs is 1. The number of Topliss-reactive ketones (excluding diaryl/α,β-unsaturated/α-hetero) is 1. The van der Waals surface area contributed by atoms with Gasteiger partial charge in [0, 0.05) is 17.8 Å². The summed E-state index contributed by atoms with van der Waals surface area (Å²) in [5.41, 5.74) is -1.05. The molecule has 0 N–H and O–H groups in total. The van der Waals surface area contributed by atoms with Gasteiger partial charge >= 0.3 is 0 Å². The van der Waals surface area contributed by atoms with Crippen molar-refractivity contribution in [1.82, 2.24) is 0 Å². The predicted octanol–water partition coefficient (Wildman–Crippen LogP) is 3.96. The monoisotopic (exact) mass is 271 g/mol. The largest absolute Gasteiger partial charge is 0.298 e. The molecule has 20 heavy (non-hydrogen) atoms. The van der Waals surface area contributed by atoms with E-state index in [0.29, 0.717) is 12.8 Å². The van der Waals surface area contributed by atoms with Crippen LogP contribution in [0.25, 0.3) is 0 Å². The molecule has 0 radical (unpaired) electrons. The van der Waals surface area contributed by atoms with Gasteiger partial charge in [-0.15, -0.1) is 0 Å². The summed E-state index contributed by atoms with van der Waals surface area (Å²) >= 11 is 0. The van der Waals surface area contributed by atoms with E-state index in [1.54, 1.807) is 0 Å². The molecule has 3 atom stereocenters. The van der Waals surface area contributed by atoms with E-state index in [2.05, 4.69) is 52.5 Å². The van der Waals surface area contributed by atoms with Gasteiger partial charge in [0.15, 0.2) is 5.78 Å². The molecule has 0 bridgehead atoms. The highest BCUT2D eigenvalue weighted by Gasteiger charge is 2.67. The average molecular weight is 271 g/mol. The van der Waals surface area contributed by atoms with E-state index in [1.165, 1.54) is 0 Å². The molecule has 2 saturated carbocycles. The van der Waals surface area contributed by atoms with Crippen molar-refractivity contribution in [2.75, 3.05) is 0 Å². The van der Waals surface area contributed by atoms with Gasteiger partial charge in [0.05, 0.1) is 16.9 Å². The van der Waals surface area contributed by atoms with Crippen molar-refractivity contribution in [1.29, 1.82) is 5.26 Å². The minimum atomic E-state index is -0.548. The zero-order valence-electron chi connectivity index (χ0n) is 13.6. The van der Waals surface area contributed by atoms with Crippen LogP contribution in [0.1, 0.15) is 60.8 Å². The quantitative estimate of drug-likeness (QED) is 0.626. The lowest BCUT2D eigenvalue weighted by Crippen LogP contribution is -2.62. The fraction of sp³-hybridized carbons (Fsp3) is 0.778. The first-order valence-electron chi connectivity index (χ1n) is 7.43. The Bertz CT molecular complexity index is 549. The maximum atomic E-state index is 12.7. The van der Waals surface area contributed by atoms with Gasteiger partial charge in [0.25, 0.3) is 0 Å². The van der Waals surface area contributed by atoms with Crippen LogP contribution in [-0.2, 0) is 4.79 Å². The molecule has 0 aromatic carbocycles. The number of carbonyl (C=O) groups excluding carboxylic acids is 1. The van der Waals surface area contributed by atoms with Crippen molar-refractivity contribution in [3.63, 3.8) is 0 Å². The van der Waals surface area contributed by atoms with Gasteiger partial charge in [-0.3, -0.25) is 4.79 Å². The fourth-order valence-corrected chi connectivity index (χ4v) is 3.77. The smallest absolute Gasteiger partial charge is 0.151 e. The Hall–Kier alpha value is -1.28. The van der Waals surface area contributed by atoms with E-state index in [4.69, 9.17) is 0 Å². The van der Waals surface area contributed by atoms with Crippen molar-refractivity contribution < 1.29 is 4.79 Å². The number of ketones is 1. The second kappa shape index (κ2) is 4.11. The maximum Gasteiger partial charge on any atom is 0.151 e. The Labute approximate surface area is 122 Å². The van der Waals surface area contributed by atoms with Gasteiger partial charge in [-0.05, 0) is 46.0 Å². The minimum absolute atomic E-state index is 0.00675. The number of rotatable bonds is 0. The molecule has 2 aliphatic carbocycles. The second-order valence-electron chi connectivity index (χ2n) is 8.70. The van der Waals surface area contributed by atoms with Gasteiger partial charge in [-0.1, -0.05) is 25.7 Å². The summed E-state index contributed by atoms with van der Waals surface area (Å²) in [6.45, 7) is 12.4. The lowest BCUT2D eigenvalue weighted by Gasteiger charge is -2.60. The first-order valence-corrected chi connectivity index (χ1v) is 7.43. The van der Waals surface area contributed by atoms with Crippen LogP contribution in [0.5, 0.6) is 0 Å². The Morgan fingerprint density at radius 3 is 2.35 bits per heavy atom. The van der Waals surface area contributed by atoms with Crippen molar-refractivity contribution >= 4 is 5.78 Å². The molecule has 0 heterocycles. The Morgan fingerprint density at radius 1 is 1.25 bits per heavy atom. The summed E-state index contributed by atoms with van der Waals surface area (Å²) in [4.78, 5) is 12.7. The van der Waals surface area contributed by atoms with Crippen LogP contribution in [0.2, 0.25) is 0 Å². The molecular weight excluding hydrogens is 246 g/mol. The molecule has 0 aromatic rings. The number of hydrogen-bond donors (Lipinski definition) is 0. The molecule has 2 heteroatoms. The number of hydrogen-bond acceptors (Lipinski definition) is 2. The first-order chi connectivity index (χ1) is 8.94. The summed E-state index contributed by atoms with van der Waals surface area (Å²) in [6, 6.07) is 2.44. The van der Waals surface area contributed by atoms with Crippen LogP contribution < -0.4 is 0 Å². The second-order valence-corrected chi connectivity index (χ2v) is 8.70. The summed E-state index contributed by atoms with van der Waals surface area (Å²) in [5.74, 6) is 6.90. The summed E-state index contributed by atoms with van der Waals surface area (Å²) in [5, 5.41) is 9.47. The molecule has 3 unspecified atom stereocenters. The molecule has 0 aromatic heterocycles. The third-order valence-electron chi connectivity index (χ3n) is 4.82. The highest BCUT2D eigenvalue weighted by molar-refractivity contribution is 5.91. The lowest BCUT2D eigenvalue weighted by molar-refractivity contribution is -0.158. The number of carbonyl (C=O) groups is 1. The molecule has 2 nitrogen and oxygen atoms in total. The molecule has 2 aliphatic rings. The molecule has 2 fully saturated rings. The Balaban J connectivity index is 2.43. The van der Waals surface area contributed by atoms with E-state index in [9.17, 15) is 10.1 Å². The molecule has 0 saturated heterocycles. The SMILES string of the molecule is CC(C)(C)C#CC12CC(C)(C#N)C1CC(C)(C)CC2=O. The molecule has 0 spiro atoms. The number of nitriles is 1. The minimum Gasteiger partial charge on any atom is -0.298 e. The van der Waals surface area contributed by atoms with E-state index >= 15 is 0 Å². The van der Waals surface area contributed by atoms with Crippen LogP contribution in [0.15, 0.2) is 0 Å². The van der Waals surface area contributed by atoms with Crippen LogP contribution in [0, 0.1) is 50.7 Å². The predicted molar refractivity (Wildman–Crippen MR) is 79.5 cm³/mol. The van der Waals surface area contributed by atoms with Crippen molar-refractivity contribution in [2.24, 2.45) is 27.6 Å². The van der Waals surface area contributed by atoms with E-state index in [1.807, 2.05) is 6.92 Å². The Morgan fingerprint density at radius 2 is 1.85 bits per heavy atom. The van der Waals surface area contributed by atoms with Crippen molar-refractivity contribution in [2.45, 2.75) is 60.8 Å².